The molecule has 0 unspecified atom stereocenters. The van der Waals surface area contributed by atoms with Gasteiger partial charge in [0.1, 0.15) is 5.75 Å². The first kappa shape index (κ1) is 10.7. The second-order valence-electron chi connectivity index (χ2n) is 3.68. The van der Waals surface area contributed by atoms with E-state index in [1.54, 1.807) is 6.07 Å². The fourth-order valence-corrected chi connectivity index (χ4v) is 2.13. The number of benzene rings is 2. The molecule has 0 fully saturated rings. The van der Waals surface area contributed by atoms with Gasteiger partial charge in [-0.1, -0.05) is 44.2 Å². The second kappa shape index (κ2) is 4.40. The van der Waals surface area contributed by atoms with Gasteiger partial charge in [-0.3, -0.25) is 0 Å². The number of hydrogen-bond acceptors (Lipinski definition) is 1. The molecule has 1 N–H and O–H groups in total. The molecule has 82 valence electrons. The van der Waals surface area contributed by atoms with Crippen LogP contribution in [0.4, 0.5) is 0 Å². The Kier molecular flexibility index (Phi) is 2.95. The third kappa shape index (κ3) is 1.69. The zero-order valence-electron chi connectivity index (χ0n) is 9.70. The summed E-state index contributed by atoms with van der Waals surface area (Å²) in [5.74, 6) is 0.358. The molecule has 3 rings (SSSR count). The number of rotatable bonds is 0. The summed E-state index contributed by atoms with van der Waals surface area (Å²) in [4.78, 5) is 0. The minimum absolute atomic E-state index is 0.358. The monoisotopic (exact) mass is 212 g/mol. The highest BCUT2D eigenvalue weighted by atomic mass is 16.3. The Labute approximate surface area is 96.4 Å². The van der Waals surface area contributed by atoms with Crippen molar-refractivity contribution in [3.8, 4) is 16.9 Å². The molecule has 1 aliphatic carbocycles. The van der Waals surface area contributed by atoms with Crippen molar-refractivity contribution in [2.75, 3.05) is 0 Å². The Morgan fingerprint density at radius 1 is 0.875 bits per heavy atom. The zero-order valence-corrected chi connectivity index (χ0v) is 9.70. The van der Waals surface area contributed by atoms with E-state index >= 15 is 0 Å². The van der Waals surface area contributed by atoms with Crippen LogP contribution >= 0.6 is 0 Å². The van der Waals surface area contributed by atoms with Crippen LogP contribution in [0.25, 0.3) is 11.1 Å². The average Bonchev–Trinajstić information content (AvgIpc) is 2.68. The molecule has 0 atom stereocenters. The molecule has 0 saturated carbocycles. The van der Waals surface area contributed by atoms with E-state index in [0.29, 0.717) is 5.75 Å². The normalized spacial score (nSPS) is 11.1. The molecule has 0 amide bonds. The summed E-state index contributed by atoms with van der Waals surface area (Å²) in [5, 5.41) is 9.38. The molecule has 1 aliphatic rings. The van der Waals surface area contributed by atoms with Crippen molar-refractivity contribution in [1.29, 1.82) is 0 Å². The van der Waals surface area contributed by atoms with Crippen LogP contribution < -0.4 is 0 Å². The summed E-state index contributed by atoms with van der Waals surface area (Å²) in [6.07, 6.45) is 0.944. The fourth-order valence-electron chi connectivity index (χ4n) is 2.13. The number of fused-ring (bicyclic) bond motifs is 3. The van der Waals surface area contributed by atoms with Gasteiger partial charge >= 0.3 is 0 Å². The molecule has 0 heterocycles. The van der Waals surface area contributed by atoms with Crippen molar-refractivity contribution in [1.82, 2.24) is 0 Å². The van der Waals surface area contributed by atoms with Gasteiger partial charge in [0.25, 0.3) is 0 Å². The summed E-state index contributed by atoms with van der Waals surface area (Å²) in [7, 11) is 0. The molecule has 0 bridgehead atoms. The summed E-state index contributed by atoms with van der Waals surface area (Å²) >= 11 is 0. The maximum absolute atomic E-state index is 9.38. The third-order valence-corrected chi connectivity index (χ3v) is 2.78. The van der Waals surface area contributed by atoms with Crippen LogP contribution in [0.2, 0.25) is 0 Å². The van der Waals surface area contributed by atoms with Gasteiger partial charge < -0.3 is 5.11 Å². The molecule has 0 aromatic heterocycles. The zero-order chi connectivity index (χ0) is 11.5. The first-order valence-corrected chi connectivity index (χ1v) is 5.75. The van der Waals surface area contributed by atoms with Crippen molar-refractivity contribution in [2.45, 2.75) is 20.3 Å². The van der Waals surface area contributed by atoms with Crippen LogP contribution in [0.5, 0.6) is 5.75 Å². The summed E-state index contributed by atoms with van der Waals surface area (Å²) in [6, 6.07) is 14.0. The van der Waals surface area contributed by atoms with Gasteiger partial charge in [0.05, 0.1) is 0 Å². The topological polar surface area (TPSA) is 20.2 Å². The minimum Gasteiger partial charge on any atom is -0.508 e. The Balaban J connectivity index is 0.000000457. The van der Waals surface area contributed by atoms with E-state index in [2.05, 4.69) is 24.3 Å². The number of phenols is 1. The van der Waals surface area contributed by atoms with Crippen molar-refractivity contribution in [2.24, 2.45) is 0 Å². The van der Waals surface area contributed by atoms with Gasteiger partial charge in [-0.05, 0) is 40.8 Å². The van der Waals surface area contributed by atoms with Crippen molar-refractivity contribution in [3.63, 3.8) is 0 Å². The largest absolute Gasteiger partial charge is 0.508 e. The minimum atomic E-state index is 0.358. The smallest absolute Gasteiger partial charge is 0.115 e. The van der Waals surface area contributed by atoms with Crippen molar-refractivity contribution >= 4 is 0 Å². The lowest BCUT2D eigenvalue weighted by Crippen LogP contribution is -1.78. The molecular formula is C15H16O. The fraction of sp³-hybridized carbons (Fsp3) is 0.200. The molecule has 1 nitrogen and oxygen atoms in total. The SMILES string of the molecule is CC.Oc1ccc2c(c1)Cc1ccccc1-2. The van der Waals surface area contributed by atoms with Crippen LogP contribution in [-0.2, 0) is 6.42 Å². The lowest BCUT2D eigenvalue weighted by molar-refractivity contribution is 0.475. The van der Waals surface area contributed by atoms with E-state index in [1.165, 1.54) is 22.3 Å². The third-order valence-electron chi connectivity index (χ3n) is 2.78. The summed E-state index contributed by atoms with van der Waals surface area (Å²) in [5.41, 5.74) is 5.15. The van der Waals surface area contributed by atoms with Gasteiger partial charge in [0.15, 0.2) is 0 Å². The Morgan fingerprint density at radius 2 is 1.56 bits per heavy atom. The predicted molar refractivity (Wildman–Crippen MR) is 67.7 cm³/mol. The number of phenolic OH excluding ortho intramolecular Hbond substituents is 1. The van der Waals surface area contributed by atoms with E-state index in [-0.39, 0.29) is 0 Å². The Hall–Kier alpha value is -1.76. The summed E-state index contributed by atoms with van der Waals surface area (Å²) < 4.78 is 0. The standard InChI is InChI=1S/C13H10O.C2H6/c14-11-5-6-13-10(8-11)7-9-3-1-2-4-12(9)13;1-2/h1-6,8,14H,7H2;1-2H3. The summed E-state index contributed by atoms with van der Waals surface area (Å²) in [6.45, 7) is 4.00. The van der Waals surface area contributed by atoms with E-state index in [4.69, 9.17) is 0 Å². The molecule has 2 aromatic carbocycles. The molecule has 0 aliphatic heterocycles. The lowest BCUT2D eigenvalue weighted by atomic mass is 10.1. The van der Waals surface area contributed by atoms with Gasteiger partial charge in [-0.15, -0.1) is 0 Å². The van der Waals surface area contributed by atoms with E-state index in [9.17, 15) is 5.11 Å². The Bertz CT molecular complexity index is 501. The quantitative estimate of drug-likeness (QED) is 0.597. The van der Waals surface area contributed by atoms with Gasteiger partial charge in [0, 0.05) is 0 Å². The lowest BCUT2D eigenvalue weighted by Gasteiger charge is -1.99. The van der Waals surface area contributed by atoms with E-state index in [0.717, 1.165) is 6.42 Å². The highest BCUT2D eigenvalue weighted by Gasteiger charge is 2.17. The first-order valence-electron chi connectivity index (χ1n) is 5.75. The molecule has 1 heteroatoms. The first-order chi connectivity index (χ1) is 7.84. The molecule has 0 spiro atoms. The highest BCUT2D eigenvalue weighted by molar-refractivity contribution is 5.77. The number of aromatic hydroxyl groups is 1. The highest BCUT2D eigenvalue weighted by Crippen LogP contribution is 2.37. The average molecular weight is 212 g/mol. The van der Waals surface area contributed by atoms with Crippen LogP contribution in [0.3, 0.4) is 0 Å². The number of hydrogen-bond donors (Lipinski definition) is 1. The van der Waals surface area contributed by atoms with Crippen LogP contribution in [0.15, 0.2) is 42.5 Å². The van der Waals surface area contributed by atoms with Crippen molar-refractivity contribution in [3.05, 3.63) is 53.6 Å². The van der Waals surface area contributed by atoms with E-state index < -0.39 is 0 Å². The second-order valence-corrected chi connectivity index (χ2v) is 3.68. The molecule has 2 aromatic rings. The Morgan fingerprint density at radius 3 is 2.38 bits per heavy atom. The van der Waals surface area contributed by atoms with Gasteiger partial charge in [-0.25, -0.2) is 0 Å². The van der Waals surface area contributed by atoms with Crippen LogP contribution in [0, 0.1) is 0 Å². The van der Waals surface area contributed by atoms with Crippen LogP contribution in [0.1, 0.15) is 25.0 Å². The van der Waals surface area contributed by atoms with Gasteiger partial charge in [0.2, 0.25) is 0 Å². The maximum Gasteiger partial charge on any atom is 0.115 e. The van der Waals surface area contributed by atoms with Crippen molar-refractivity contribution < 1.29 is 5.11 Å². The van der Waals surface area contributed by atoms with Crippen LogP contribution in [-0.4, -0.2) is 5.11 Å². The molecule has 0 radical (unpaired) electrons. The van der Waals surface area contributed by atoms with E-state index in [1.807, 2.05) is 26.0 Å². The maximum atomic E-state index is 9.38. The predicted octanol–water partition coefficient (Wildman–Crippen LogP) is 3.99. The molecule has 0 saturated heterocycles. The van der Waals surface area contributed by atoms with Gasteiger partial charge in [-0.2, -0.15) is 0 Å². The molecular weight excluding hydrogens is 196 g/mol. The molecule has 16 heavy (non-hydrogen) atoms.